The molecular weight excluding hydrogens is 407 g/mol. The molecule has 0 aliphatic heterocycles. The lowest BCUT2D eigenvalue weighted by Crippen LogP contribution is -2.38. The molecule has 2 unspecified atom stereocenters. The Kier molecular flexibility index (Phi) is 6.70. The van der Waals surface area contributed by atoms with Crippen LogP contribution in [0.5, 0.6) is 0 Å². The monoisotopic (exact) mass is 434 g/mol. The van der Waals surface area contributed by atoms with Crippen LogP contribution in [0.1, 0.15) is 40.0 Å². The first-order valence-corrected chi connectivity index (χ1v) is 10.7. The number of aromatic nitrogens is 2. The number of hydrogen-bond acceptors (Lipinski definition) is 5. The fraction of sp³-hybridized carbons (Fsp3) is 0.476. The molecule has 7 nitrogen and oxygen atoms in total. The number of ether oxygens (including phenoxy) is 1. The molecule has 1 aromatic carbocycles. The molecule has 2 amide bonds. The van der Waals surface area contributed by atoms with Gasteiger partial charge in [-0.25, -0.2) is 14.2 Å². The van der Waals surface area contributed by atoms with Gasteiger partial charge in [-0.1, -0.05) is 0 Å². The van der Waals surface area contributed by atoms with Crippen molar-refractivity contribution >= 4 is 29.4 Å². The van der Waals surface area contributed by atoms with Crippen LogP contribution in [-0.4, -0.2) is 33.2 Å². The van der Waals surface area contributed by atoms with E-state index in [1.807, 2.05) is 17.8 Å². The van der Waals surface area contributed by atoms with E-state index in [0.717, 1.165) is 5.16 Å². The molecule has 3 rings (SSSR count). The molecule has 2 aromatic rings. The van der Waals surface area contributed by atoms with Gasteiger partial charge < -0.3 is 19.9 Å². The lowest BCUT2D eigenvalue weighted by atomic mass is 10.1. The average molecular weight is 435 g/mol. The van der Waals surface area contributed by atoms with Crippen molar-refractivity contribution in [2.24, 2.45) is 13.0 Å². The Morgan fingerprint density at radius 3 is 2.73 bits per heavy atom. The third-order valence-corrected chi connectivity index (χ3v) is 5.85. The van der Waals surface area contributed by atoms with Crippen molar-refractivity contribution in [3.63, 3.8) is 0 Å². The molecule has 1 aromatic heterocycles. The molecule has 0 radical (unpaired) electrons. The first-order chi connectivity index (χ1) is 14.1. The van der Waals surface area contributed by atoms with Gasteiger partial charge in [0.2, 0.25) is 5.91 Å². The fourth-order valence-electron chi connectivity index (χ4n) is 3.30. The molecule has 1 heterocycles. The van der Waals surface area contributed by atoms with E-state index in [2.05, 4.69) is 15.6 Å². The largest absolute Gasteiger partial charge is 0.444 e. The number of benzene rings is 1. The zero-order valence-corrected chi connectivity index (χ0v) is 18.4. The number of nitrogens with one attached hydrogen (secondary N) is 2. The van der Waals surface area contributed by atoms with Gasteiger partial charge in [0.05, 0.1) is 5.69 Å². The predicted molar refractivity (Wildman–Crippen MR) is 113 cm³/mol. The molecule has 2 atom stereocenters. The standard InChI is InChI=1S/C21H27FN4O3S/c1-21(2,3)29-20(28)24-15-7-5-13(11-15)18(27)25-16-12-14(22)6-8-17(16)30-19-23-9-10-26(19)4/h6,8-10,12-13,15H,5,7,11H2,1-4H3,(H,24,28)(H,25,27). The van der Waals surface area contributed by atoms with Crippen LogP contribution in [0.4, 0.5) is 14.9 Å². The van der Waals surface area contributed by atoms with E-state index < -0.39 is 17.5 Å². The van der Waals surface area contributed by atoms with Gasteiger partial charge in [0.15, 0.2) is 5.16 Å². The average Bonchev–Trinajstić information content (AvgIpc) is 3.25. The number of halogens is 1. The van der Waals surface area contributed by atoms with Crippen LogP contribution >= 0.6 is 11.8 Å². The molecule has 9 heteroatoms. The summed E-state index contributed by atoms with van der Waals surface area (Å²) in [4.78, 5) is 29.7. The molecule has 0 saturated heterocycles. The lowest BCUT2D eigenvalue weighted by Gasteiger charge is -2.21. The summed E-state index contributed by atoms with van der Waals surface area (Å²) in [6, 6.07) is 4.18. The Labute approximate surface area is 179 Å². The van der Waals surface area contributed by atoms with E-state index >= 15 is 0 Å². The number of alkyl carbamates (subject to hydrolysis) is 1. The Bertz CT molecular complexity index is 925. The minimum atomic E-state index is -0.571. The van der Waals surface area contributed by atoms with Gasteiger partial charge in [0.25, 0.3) is 0 Å². The quantitative estimate of drug-likeness (QED) is 0.731. The fourth-order valence-corrected chi connectivity index (χ4v) is 4.17. The van der Waals surface area contributed by atoms with Crippen LogP contribution < -0.4 is 10.6 Å². The predicted octanol–water partition coefficient (Wildman–Crippen LogP) is 4.34. The van der Waals surface area contributed by atoms with E-state index in [0.29, 0.717) is 29.8 Å². The number of anilines is 1. The minimum absolute atomic E-state index is 0.121. The number of carbonyl (C=O) groups excluding carboxylic acids is 2. The molecule has 2 N–H and O–H groups in total. The van der Waals surface area contributed by atoms with Crippen LogP contribution in [-0.2, 0) is 16.6 Å². The van der Waals surface area contributed by atoms with Crippen molar-refractivity contribution in [1.29, 1.82) is 0 Å². The molecule has 1 aliphatic rings. The maximum Gasteiger partial charge on any atom is 0.407 e. The van der Waals surface area contributed by atoms with Gasteiger partial charge in [-0.2, -0.15) is 0 Å². The maximum absolute atomic E-state index is 13.8. The number of carbonyl (C=O) groups is 2. The molecule has 1 saturated carbocycles. The van der Waals surface area contributed by atoms with Gasteiger partial charge in [-0.3, -0.25) is 4.79 Å². The van der Waals surface area contributed by atoms with Crippen LogP contribution in [0, 0.1) is 11.7 Å². The molecule has 1 fully saturated rings. The zero-order valence-electron chi connectivity index (χ0n) is 17.6. The highest BCUT2D eigenvalue weighted by molar-refractivity contribution is 7.99. The summed E-state index contributed by atoms with van der Waals surface area (Å²) in [5.74, 6) is -0.875. The number of nitrogens with zero attached hydrogens (tertiary/aromatic N) is 2. The Morgan fingerprint density at radius 2 is 2.07 bits per heavy atom. The minimum Gasteiger partial charge on any atom is -0.444 e. The highest BCUT2D eigenvalue weighted by Crippen LogP contribution is 2.34. The molecule has 1 aliphatic carbocycles. The van der Waals surface area contributed by atoms with E-state index in [4.69, 9.17) is 4.74 Å². The molecule has 30 heavy (non-hydrogen) atoms. The van der Waals surface area contributed by atoms with Crippen LogP contribution in [0.2, 0.25) is 0 Å². The summed E-state index contributed by atoms with van der Waals surface area (Å²) in [6.45, 7) is 5.41. The number of amides is 2. The number of aryl methyl sites for hydroxylation is 1. The van der Waals surface area contributed by atoms with Crippen molar-refractivity contribution in [2.75, 3.05) is 5.32 Å². The Hall–Kier alpha value is -2.55. The van der Waals surface area contributed by atoms with Crippen LogP contribution in [0.25, 0.3) is 0 Å². The van der Waals surface area contributed by atoms with Crippen molar-refractivity contribution in [3.8, 4) is 0 Å². The van der Waals surface area contributed by atoms with Crippen molar-refractivity contribution in [1.82, 2.24) is 14.9 Å². The SMILES string of the molecule is Cn1ccnc1Sc1ccc(F)cc1NC(=O)C1CCC(NC(=O)OC(C)(C)C)C1. The van der Waals surface area contributed by atoms with E-state index in [1.54, 1.807) is 33.0 Å². The van der Waals surface area contributed by atoms with Gasteiger partial charge in [0.1, 0.15) is 11.4 Å². The zero-order chi connectivity index (χ0) is 21.9. The first-order valence-electron chi connectivity index (χ1n) is 9.86. The molecule has 0 spiro atoms. The normalized spacial score (nSPS) is 18.8. The van der Waals surface area contributed by atoms with E-state index in [9.17, 15) is 14.0 Å². The second-order valence-electron chi connectivity index (χ2n) is 8.41. The summed E-state index contributed by atoms with van der Waals surface area (Å²) in [5.41, 5.74) is -0.158. The first kappa shape index (κ1) is 22.1. The third-order valence-electron chi connectivity index (χ3n) is 4.70. The summed E-state index contributed by atoms with van der Waals surface area (Å²) in [5, 5.41) is 6.42. The summed E-state index contributed by atoms with van der Waals surface area (Å²) >= 11 is 1.35. The highest BCUT2D eigenvalue weighted by atomic mass is 32.2. The number of hydrogen-bond donors (Lipinski definition) is 2. The Balaban J connectivity index is 1.62. The van der Waals surface area contributed by atoms with Gasteiger partial charge in [0, 0.05) is 36.3 Å². The molecule has 0 bridgehead atoms. The van der Waals surface area contributed by atoms with Crippen LogP contribution in [0.3, 0.4) is 0 Å². The lowest BCUT2D eigenvalue weighted by molar-refractivity contribution is -0.119. The van der Waals surface area contributed by atoms with Gasteiger partial charge in [-0.05, 0) is 70.0 Å². The third kappa shape index (κ3) is 5.98. The van der Waals surface area contributed by atoms with Crippen LogP contribution in [0.15, 0.2) is 40.6 Å². The second kappa shape index (κ2) is 9.07. The highest BCUT2D eigenvalue weighted by Gasteiger charge is 2.32. The van der Waals surface area contributed by atoms with E-state index in [1.165, 1.54) is 23.9 Å². The molecular formula is C21H27FN4O3S. The topological polar surface area (TPSA) is 85.3 Å². The number of imidazole rings is 1. The van der Waals surface area contributed by atoms with Crippen molar-refractivity contribution < 1.29 is 18.7 Å². The summed E-state index contributed by atoms with van der Waals surface area (Å²) in [6.07, 6.45) is 4.87. The Morgan fingerprint density at radius 1 is 1.30 bits per heavy atom. The second-order valence-corrected chi connectivity index (χ2v) is 9.41. The number of rotatable bonds is 5. The maximum atomic E-state index is 13.8. The van der Waals surface area contributed by atoms with E-state index in [-0.39, 0.29) is 17.9 Å². The summed E-state index contributed by atoms with van der Waals surface area (Å²) < 4.78 is 21.0. The smallest absolute Gasteiger partial charge is 0.407 e. The van der Waals surface area contributed by atoms with Crippen molar-refractivity contribution in [3.05, 3.63) is 36.4 Å². The summed E-state index contributed by atoms with van der Waals surface area (Å²) in [7, 11) is 1.87. The van der Waals surface area contributed by atoms with Gasteiger partial charge >= 0.3 is 6.09 Å². The van der Waals surface area contributed by atoms with Crippen molar-refractivity contribution in [2.45, 2.75) is 61.7 Å². The van der Waals surface area contributed by atoms with Gasteiger partial charge in [-0.15, -0.1) is 0 Å². The molecule has 162 valence electrons.